The molecule has 0 heterocycles. The van der Waals surface area contributed by atoms with E-state index in [-0.39, 0.29) is 12.0 Å². The normalized spacial score (nSPS) is 12.1. The molecule has 0 amide bonds. The number of carbonyl (C=O) groups excluding carboxylic acids is 1. The highest BCUT2D eigenvalue weighted by Gasteiger charge is 2.12. The van der Waals surface area contributed by atoms with Crippen molar-refractivity contribution in [3.63, 3.8) is 0 Å². The first-order valence-electron chi connectivity index (χ1n) is 5.38. The van der Waals surface area contributed by atoms with Gasteiger partial charge in [0, 0.05) is 12.2 Å². The first-order chi connectivity index (χ1) is 7.65. The van der Waals surface area contributed by atoms with Gasteiger partial charge in [0.2, 0.25) is 0 Å². The Balaban J connectivity index is 2.46. The molecule has 1 unspecified atom stereocenters. The third-order valence-electron chi connectivity index (χ3n) is 2.29. The Hall–Kier alpha value is -1.55. The van der Waals surface area contributed by atoms with E-state index in [2.05, 4.69) is 5.32 Å². The Morgan fingerprint density at radius 3 is 2.81 bits per heavy atom. The molecule has 0 radical (unpaired) electrons. The number of benzene rings is 1. The van der Waals surface area contributed by atoms with Crippen molar-refractivity contribution in [2.24, 2.45) is 0 Å². The van der Waals surface area contributed by atoms with Crippen LogP contribution in [0.4, 0.5) is 5.69 Å². The van der Waals surface area contributed by atoms with Crippen LogP contribution in [0.1, 0.15) is 19.4 Å². The zero-order valence-corrected chi connectivity index (χ0v) is 9.69. The summed E-state index contributed by atoms with van der Waals surface area (Å²) in [4.78, 5) is 11.3. The molecule has 4 nitrogen and oxygen atoms in total. The maximum Gasteiger partial charge on any atom is 0.322 e. The SMILES string of the molecule is CCOC(=O)C(C)NCc1ccccc1N. The van der Waals surface area contributed by atoms with Crippen LogP contribution in [-0.4, -0.2) is 18.6 Å². The third-order valence-corrected chi connectivity index (χ3v) is 2.29. The minimum atomic E-state index is -0.320. The van der Waals surface area contributed by atoms with E-state index < -0.39 is 0 Å². The second-order valence-electron chi connectivity index (χ2n) is 3.55. The van der Waals surface area contributed by atoms with E-state index in [0.717, 1.165) is 11.3 Å². The molecule has 0 saturated heterocycles. The summed E-state index contributed by atoms with van der Waals surface area (Å²) in [7, 11) is 0. The minimum Gasteiger partial charge on any atom is -0.465 e. The lowest BCUT2D eigenvalue weighted by atomic mass is 10.2. The van der Waals surface area contributed by atoms with Gasteiger partial charge in [0.15, 0.2) is 0 Å². The lowest BCUT2D eigenvalue weighted by Gasteiger charge is -2.13. The number of hydrogen-bond acceptors (Lipinski definition) is 4. The van der Waals surface area contributed by atoms with Crippen molar-refractivity contribution in [1.82, 2.24) is 5.32 Å². The highest BCUT2D eigenvalue weighted by atomic mass is 16.5. The number of anilines is 1. The van der Waals surface area contributed by atoms with Gasteiger partial charge in [0.05, 0.1) is 6.61 Å². The molecule has 16 heavy (non-hydrogen) atoms. The fourth-order valence-corrected chi connectivity index (χ4v) is 1.31. The van der Waals surface area contributed by atoms with E-state index in [0.29, 0.717) is 13.2 Å². The van der Waals surface area contributed by atoms with E-state index in [4.69, 9.17) is 10.5 Å². The quantitative estimate of drug-likeness (QED) is 0.582. The molecular formula is C12H18N2O2. The fraction of sp³-hybridized carbons (Fsp3) is 0.417. The molecule has 1 atom stereocenters. The summed E-state index contributed by atoms with van der Waals surface area (Å²) >= 11 is 0. The monoisotopic (exact) mass is 222 g/mol. The Kier molecular flexibility index (Phi) is 4.79. The minimum absolute atomic E-state index is 0.239. The molecule has 0 aliphatic rings. The van der Waals surface area contributed by atoms with Crippen LogP contribution < -0.4 is 11.1 Å². The Bertz CT molecular complexity index is 353. The van der Waals surface area contributed by atoms with Crippen molar-refractivity contribution in [1.29, 1.82) is 0 Å². The van der Waals surface area contributed by atoms with Gasteiger partial charge in [-0.1, -0.05) is 18.2 Å². The van der Waals surface area contributed by atoms with Gasteiger partial charge in [-0.05, 0) is 25.5 Å². The summed E-state index contributed by atoms with van der Waals surface area (Å²) in [5, 5.41) is 3.07. The van der Waals surface area contributed by atoms with Crippen LogP contribution in [0.15, 0.2) is 24.3 Å². The number of para-hydroxylation sites is 1. The van der Waals surface area contributed by atoms with Crippen molar-refractivity contribution < 1.29 is 9.53 Å². The number of nitrogen functional groups attached to an aromatic ring is 1. The molecule has 0 aliphatic heterocycles. The maximum atomic E-state index is 11.3. The molecule has 1 aromatic rings. The van der Waals surface area contributed by atoms with Gasteiger partial charge in [-0.3, -0.25) is 4.79 Å². The molecule has 88 valence electrons. The highest BCUT2D eigenvalue weighted by Crippen LogP contribution is 2.09. The first kappa shape index (κ1) is 12.5. The molecule has 1 rings (SSSR count). The Labute approximate surface area is 95.8 Å². The standard InChI is InChI=1S/C12H18N2O2/c1-3-16-12(15)9(2)14-8-10-6-4-5-7-11(10)13/h4-7,9,14H,3,8,13H2,1-2H3. The molecule has 0 spiro atoms. The van der Waals surface area contributed by atoms with Crippen molar-refractivity contribution in [2.75, 3.05) is 12.3 Å². The second kappa shape index (κ2) is 6.12. The number of carbonyl (C=O) groups is 1. The van der Waals surface area contributed by atoms with Crippen molar-refractivity contribution in [3.05, 3.63) is 29.8 Å². The van der Waals surface area contributed by atoms with Crippen LogP contribution in [0.5, 0.6) is 0 Å². The molecule has 4 heteroatoms. The van der Waals surface area contributed by atoms with Gasteiger partial charge in [0.25, 0.3) is 0 Å². The summed E-state index contributed by atoms with van der Waals surface area (Å²) in [5.41, 5.74) is 7.50. The van der Waals surface area contributed by atoms with Crippen LogP contribution in [0, 0.1) is 0 Å². The molecule has 0 fully saturated rings. The fourth-order valence-electron chi connectivity index (χ4n) is 1.31. The number of nitrogens with one attached hydrogen (secondary N) is 1. The van der Waals surface area contributed by atoms with Crippen molar-refractivity contribution >= 4 is 11.7 Å². The van der Waals surface area contributed by atoms with Gasteiger partial charge in [-0.25, -0.2) is 0 Å². The van der Waals surface area contributed by atoms with Crippen molar-refractivity contribution in [2.45, 2.75) is 26.4 Å². The van der Waals surface area contributed by atoms with Crippen LogP contribution in [0.25, 0.3) is 0 Å². The first-order valence-corrected chi connectivity index (χ1v) is 5.38. The number of hydrogen-bond donors (Lipinski definition) is 2. The van der Waals surface area contributed by atoms with E-state index in [1.165, 1.54) is 0 Å². The Morgan fingerprint density at radius 2 is 2.19 bits per heavy atom. The molecule has 0 aromatic heterocycles. The zero-order valence-electron chi connectivity index (χ0n) is 9.69. The van der Waals surface area contributed by atoms with Crippen LogP contribution in [-0.2, 0) is 16.1 Å². The lowest BCUT2D eigenvalue weighted by molar-refractivity contribution is -0.145. The maximum absolute atomic E-state index is 11.3. The number of rotatable bonds is 5. The van der Waals surface area contributed by atoms with E-state index in [1.54, 1.807) is 13.8 Å². The largest absolute Gasteiger partial charge is 0.465 e. The topological polar surface area (TPSA) is 64.3 Å². The van der Waals surface area contributed by atoms with Crippen LogP contribution >= 0.6 is 0 Å². The highest BCUT2D eigenvalue weighted by molar-refractivity contribution is 5.75. The second-order valence-corrected chi connectivity index (χ2v) is 3.55. The molecule has 0 saturated carbocycles. The zero-order chi connectivity index (χ0) is 12.0. The van der Waals surface area contributed by atoms with Gasteiger partial charge in [-0.2, -0.15) is 0 Å². The van der Waals surface area contributed by atoms with Crippen LogP contribution in [0.3, 0.4) is 0 Å². The Morgan fingerprint density at radius 1 is 1.50 bits per heavy atom. The summed E-state index contributed by atoms with van der Waals surface area (Å²) in [6.45, 7) is 4.53. The number of nitrogens with two attached hydrogens (primary N) is 1. The van der Waals surface area contributed by atoms with Crippen LogP contribution in [0.2, 0.25) is 0 Å². The van der Waals surface area contributed by atoms with Gasteiger partial charge in [0.1, 0.15) is 6.04 Å². The number of ether oxygens (including phenoxy) is 1. The average molecular weight is 222 g/mol. The molecule has 3 N–H and O–H groups in total. The van der Waals surface area contributed by atoms with E-state index >= 15 is 0 Å². The molecule has 1 aromatic carbocycles. The van der Waals surface area contributed by atoms with Gasteiger partial charge >= 0.3 is 5.97 Å². The number of esters is 1. The smallest absolute Gasteiger partial charge is 0.322 e. The molecule has 0 aliphatic carbocycles. The molecule has 0 bridgehead atoms. The van der Waals surface area contributed by atoms with Gasteiger partial charge in [-0.15, -0.1) is 0 Å². The summed E-state index contributed by atoms with van der Waals surface area (Å²) < 4.78 is 4.89. The summed E-state index contributed by atoms with van der Waals surface area (Å²) in [6, 6.07) is 7.25. The average Bonchev–Trinajstić information content (AvgIpc) is 2.28. The third kappa shape index (κ3) is 3.55. The van der Waals surface area contributed by atoms with E-state index in [1.807, 2.05) is 24.3 Å². The lowest BCUT2D eigenvalue weighted by Crippen LogP contribution is -2.35. The van der Waals surface area contributed by atoms with Crippen molar-refractivity contribution in [3.8, 4) is 0 Å². The van der Waals surface area contributed by atoms with E-state index in [9.17, 15) is 4.79 Å². The predicted octanol–water partition coefficient (Wildman–Crippen LogP) is 1.31. The van der Waals surface area contributed by atoms with Gasteiger partial charge < -0.3 is 15.8 Å². The summed E-state index contributed by atoms with van der Waals surface area (Å²) in [5.74, 6) is -0.239. The summed E-state index contributed by atoms with van der Waals surface area (Å²) in [6.07, 6.45) is 0. The molecular weight excluding hydrogens is 204 g/mol. The predicted molar refractivity (Wildman–Crippen MR) is 63.8 cm³/mol.